The molecule has 2 heterocycles. The monoisotopic (exact) mass is 284 g/mol. The lowest BCUT2D eigenvalue weighted by atomic mass is 10.1. The first kappa shape index (κ1) is 13.3. The van der Waals surface area contributed by atoms with Gasteiger partial charge in [0.05, 0.1) is 11.7 Å². The van der Waals surface area contributed by atoms with Crippen LogP contribution in [0, 0.1) is 0 Å². The van der Waals surface area contributed by atoms with Crippen LogP contribution in [0.25, 0.3) is 11.0 Å². The van der Waals surface area contributed by atoms with Crippen LogP contribution >= 0.6 is 0 Å². The van der Waals surface area contributed by atoms with Crippen LogP contribution in [-0.2, 0) is 7.05 Å². The lowest BCUT2D eigenvalue weighted by molar-refractivity contribution is 0.0934. The predicted molar refractivity (Wildman–Crippen MR) is 77.6 cm³/mol. The number of hydrogen-bond acceptors (Lipinski definition) is 4. The summed E-state index contributed by atoms with van der Waals surface area (Å²) in [6.45, 7) is 2.03. The average Bonchev–Trinajstić information content (AvgIpc) is 3.12. The van der Waals surface area contributed by atoms with Crippen molar-refractivity contribution in [2.45, 2.75) is 19.4 Å². The van der Waals surface area contributed by atoms with Gasteiger partial charge in [0.25, 0.3) is 5.91 Å². The molecule has 0 unspecified atom stereocenters. The van der Waals surface area contributed by atoms with Crippen LogP contribution < -0.4 is 5.32 Å². The molecule has 7 nitrogen and oxygen atoms in total. The van der Waals surface area contributed by atoms with Gasteiger partial charge in [-0.05, 0) is 30.7 Å². The van der Waals surface area contributed by atoms with Gasteiger partial charge < -0.3 is 5.32 Å². The van der Waals surface area contributed by atoms with Gasteiger partial charge in [-0.1, -0.05) is 6.92 Å². The largest absolute Gasteiger partial charge is 0.344 e. The maximum atomic E-state index is 12.4. The highest BCUT2D eigenvalue weighted by molar-refractivity contribution is 5.97. The van der Waals surface area contributed by atoms with Crippen molar-refractivity contribution in [3.05, 3.63) is 41.7 Å². The molecule has 3 rings (SSSR count). The number of nitrogens with zero attached hydrogens (tertiary/aromatic N) is 4. The summed E-state index contributed by atoms with van der Waals surface area (Å²) in [5.41, 5.74) is 2.96. The Morgan fingerprint density at radius 2 is 2.14 bits per heavy atom. The first-order valence-electron chi connectivity index (χ1n) is 6.78. The van der Waals surface area contributed by atoms with Crippen LogP contribution in [0.5, 0.6) is 0 Å². The molecule has 0 bridgehead atoms. The molecule has 1 amide bonds. The lowest BCUT2D eigenvalue weighted by Crippen LogP contribution is -2.29. The summed E-state index contributed by atoms with van der Waals surface area (Å²) in [5, 5.41) is 17.7. The summed E-state index contributed by atoms with van der Waals surface area (Å²) in [6, 6.07) is 7.09. The van der Waals surface area contributed by atoms with Crippen molar-refractivity contribution in [3.8, 4) is 0 Å². The van der Waals surface area contributed by atoms with Gasteiger partial charge in [0, 0.05) is 18.8 Å². The number of aryl methyl sites for hydroxylation is 1. The fraction of sp³-hybridized carbons (Fsp3) is 0.286. The first-order valence-corrected chi connectivity index (χ1v) is 6.78. The Labute approximate surface area is 121 Å². The van der Waals surface area contributed by atoms with Crippen LogP contribution in [0.3, 0.4) is 0 Å². The molecule has 1 atom stereocenters. The van der Waals surface area contributed by atoms with Gasteiger partial charge in [0.1, 0.15) is 11.0 Å². The molecule has 108 valence electrons. The zero-order valence-corrected chi connectivity index (χ0v) is 11.9. The van der Waals surface area contributed by atoms with E-state index in [1.807, 2.05) is 20.0 Å². The number of hydrogen-bond donors (Lipinski definition) is 2. The van der Waals surface area contributed by atoms with Crippen LogP contribution in [0.4, 0.5) is 0 Å². The molecule has 0 radical (unpaired) electrons. The molecular formula is C14H16N6O. The molecule has 0 spiro atoms. The van der Waals surface area contributed by atoms with E-state index in [0.29, 0.717) is 11.1 Å². The first-order chi connectivity index (χ1) is 10.2. The molecule has 1 aromatic carbocycles. The lowest BCUT2D eigenvalue weighted by Gasteiger charge is -2.17. The summed E-state index contributed by atoms with van der Waals surface area (Å²) in [7, 11) is 1.87. The Morgan fingerprint density at radius 3 is 2.86 bits per heavy atom. The highest BCUT2D eigenvalue weighted by Crippen LogP contribution is 2.17. The Balaban J connectivity index is 1.82. The third-order valence-corrected chi connectivity index (χ3v) is 3.51. The van der Waals surface area contributed by atoms with E-state index in [4.69, 9.17) is 0 Å². The van der Waals surface area contributed by atoms with Crippen molar-refractivity contribution in [2.24, 2.45) is 7.05 Å². The normalized spacial score (nSPS) is 12.5. The van der Waals surface area contributed by atoms with Crippen LogP contribution in [0.15, 0.2) is 30.5 Å². The molecule has 0 fully saturated rings. The van der Waals surface area contributed by atoms with Gasteiger partial charge in [-0.15, -0.1) is 0 Å². The highest BCUT2D eigenvalue weighted by Gasteiger charge is 2.17. The maximum Gasteiger partial charge on any atom is 0.251 e. The van der Waals surface area contributed by atoms with E-state index < -0.39 is 0 Å². The molecule has 0 saturated heterocycles. The van der Waals surface area contributed by atoms with Crippen LogP contribution in [-0.4, -0.2) is 31.1 Å². The van der Waals surface area contributed by atoms with Crippen molar-refractivity contribution >= 4 is 16.9 Å². The summed E-state index contributed by atoms with van der Waals surface area (Å²) in [4.78, 5) is 12.4. The Hall–Kier alpha value is -2.70. The van der Waals surface area contributed by atoms with Gasteiger partial charge >= 0.3 is 0 Å². The number of aromatic amines is 1. The van der Waals surface area contributed by atoms with Crippen molar-refractivity contribution in [2.75, 3.05) is 0 Å². The van der Waals surface area contributed by atoms with E-state index in [1.165, 1.54) is 0 Å². The van der Waals surface area contributed by atoms with E-state index in [-0.39, 0.29) is 11.9 Å². The minimum atomic E-state index is -0.132. The van der Waals surface area contributed by atoms with Crippen molar-refractivity contribution < 1.29 is 4.79 Å². The van der Waals surface area contributed by atoms with Gasteiger partial charge in [0.2, 0.25) is 0 Å². The highest BCUT2D eigenvalue weighted by atomic mass is 16.1. The van der Waals surface area contributed by atoms with Crippen LogP contribution in [0.1, 0.15) is 35.4 Å². The summed E-state index contributed by atoms with van der Waals surface area (Å²) in [5.74, 6) is -0.132. The van der Waals surface area contributed by atoms with E-state index >= 15 is 0 Å². The van der Waals surface area contributed by atoms with Crippen LogP contribution in [0.2, 0.25) is 0 Å². The van der Waals surface area contributed by atoms with E-state index in [1.54, 1.807) is 29.1 Å². The van der Waals surface area contributed by atoms with Gasteiger partial charge in [-0.3, -0.25) is 9.48 Å². The number of carbonyl (C=O) groups excluding carboxylic acids is 1. The molecule has 7 heteroatoms. The quantitative estimate of drug-likeness (QED) is 0.761. The van der Waals surface area contributed by atoms with Crippen molar-refractivity contribution in [3.63, 3.8) is 0 Å². The number of fused-ring (bicyclic) bond motifs is 1. The predicted octanol–water partition coefficient (Wildman–Crippen LogP) is 1.57. The zero-order valence-electron chi connectivity index (χ0n) is 11.9. The number of benzene rings is 1. The summed E-state index contributed by atoms with van der Waals surface area (Å²) >= 11 is 0. The molecular weight excluding hydrogens is 268 g/mol. The van der Waals surface area contributed by atoms with Gasteiger partial charge in [0.15, 0.2) is 0 Å². The summed E-state index contributed by atoms with van der Waals surface area (Å²) in [6.07, 6.45) is 2.52. The molecule has 3 aromatic rings. The molecule has 0 aliphatic rings. The Bertz CT molecular complexity index is 774. The Kier molecular flexibility index (Phi) is 3.39. The number of nitrogens with one attached hydrogen (secondary N) is 2. The van der Waals surface area contributed by atoms with E-state index in [9.17, 15) is 4.79 Å². The van der Waals surface area contributed by atoms with Gasteiger partial charge in [-0.25, -0.2) is 0 Å². The summed E-state index contributed by atoms with van der Waals surface area (Å²) < 4.78 is 1.77. The SMILES string of the molecule is CC[C@@H](NC(=O)c1ccc2n[nH]nc2c1)c1ccnn1C. The molecule has 2 N–H and O–H groups in total. The van der Waals surface area contributed by atoms with E-state index in [2.05, 4.69) is 25.8 Å². The Morgan fingerprint density at radius 1 is 1.33 bits per heavy atom. The second-order valence-corrected chi connectivity index (χ2v) is 4.84. The van der Waals surface area contributed by atoms with Gasteiger partial charge in [-0.2, -0.15) is 20.5 Å². The smallest absolute Gasteiger partial charge is 0.251 e. The molecule has 0 saturated carbocycles. The van der Waals surface area contributed by atoms with E-state index in [0.717, 1.165) is 17.6 Å². The standard InChI is InChI=1S/C14H16N6O/c1-3-10(13-6-7-15-20(13)2)16-14(21)9-4-5-11-12(8-9)18-19-17-11/h4-8,10H,3H2,1-2H3,(H,16,21)(H,17,18,19)/t10-/m1/s1. The third-order valence-electron chi connectivity index (χ3n) is 3.51. The fourth-order valence-electron chi connectivity index (χ4n) is 2.33. The minimum Gasteiger partial charge on any atom is -0.344 e. The fourth-order valence-corrected chi connectivity index (χ4v) is 2.33. The number of H-pyrrole nitrogens is 1. The van der Waals surface area contributed by atoms with Crippen molar-refractivity contribution in [1.29, 1.82) is 0 Å². The maximum absolute atomic E-state index is 12.4. The second-order valence-electron chi connectivity index (χ2n) is 4.84. The molecule has 0 aliphatic heterocycles. The number of amides is 1. The minimum absolute atomic E-state index is 0.0713. The second kappa shape index (κ2) is 5.35. The topological polar surface area (TPSA) is 88.5 Å². The molecule has 21 heavy (non-hydrogen) atoms. The zero-order chi connectivity index (χ0) is 14.8. The average molecular weight is 284 g/mol. The number of aromatic nitrogens is 5. The molecule has 0 aliphatic carbocycles. The molecule has 2 aromatic heterocycles. The van der Waals surface area contributed by atoms with Crippen molar-refractivity contribution in [1.82, 2.24) is 30.5 Å². The third kappa shape index (κ3) is 2.49. The number of rotatable bonds is 4. The number of carbonyl (C=O) groups is 1.